The molecule has 1 radical (unpaired) electrons. The fraction of sp³-hybridized carbons (Fsp3) is 0.280. The summed E-state index contributed by atoms with van der Waals surface area (Å²) in [6, 6.07) is 41.4. The molecular formula is C50H50IrN2OSi-2. The van der Waals surface area contributed by atoms with Gasteiger partial charge in [0.05, 0.1) is 13.7 Å². The standard InChI is InChI=1S/C36H34NO.C14H16NSi.Ir/c1-22-20-37-32(16-29(22)25-18-35(2,3)21-36(4,5)19-25)28-12-8-11-27-31-15-24-14-13-23-9-6-7-10-26(23)30(24)17-33(31)38-34(27)28;1-16(2,3)13-9-10-14(15-11-13)12-7-5-4-6-8-12;/h6-11,13-17,20,25H,18-19,21H2,1-5H3;4-7,9-11H,1-3H3;/q2*-1;/i1D3,25D;;. The molecule has 281 valence electrons. The summed E-state index contributed by atoms with van der Waals surface area (Å²) >= 11 is 0. The molecule has 3 aromatic heterocycles. The van der Waals surface area contributed by atoms with Gasteiger partial charge in [0.1, 0.15) is 5.58 Å². The van der Waals surface area contributed by atoms with Crippen LogP contribution in [0.3, 0.4) is 0 Å². The Bertz CT molecular complexity index is 2790. The zero-order chi connectivity index (χ0) is 41.3. The number of fused-ring (bicyclic) bond motifs is 6. The van der Waals surface area contributed by atoms with Gasteiger partial charge in [-0.2, -0.15) is 0 Å². The van der Waals surface area contributed by atoms with Gasteiger partial charge in [0.25, 0.3) is 0 Å². The zero-order valence-corrected chi connectivity index (χ0v) is 36.1. The molecule has 0 N–H and O–H groups in total. The molecular weight excluding hydrogens is 865 g/mol. The average molecular weight is 919 g/mol. The molecule has 8 aromatic rings. The summed E-state index contributed by atoms with van der Waals surface area (Å²) in [6.07, 6.45) is 5.61. The molecule has 0 saturated heterocycles. The summed E-state index contributed by atoms with van der Waals surface area (Å²) < 4.78 is 41.2. The van der Waals surface area contributed by atoms with E-state index in [1.807, 2.05) is 54.7 Å². The summed E-state index contributed by atoms with van der Waals surface area (Å²) in [5.41, 5.74) is 5.24. The quantitative estimate of drug-likeness (QED) is 0.100. The topological polar surface area (TPSA) is 38.9 Å². The second kappa shape index (κ2) is 14.9. The van der Waals surface area contributed by atoms with Gasteiger partial charge in [-0.3, -0.25) is 0 Å². The maximum absolute atomic E-state index is 9.74. The van der Waals surface area contributed by atoms with Crippen molar-refractivity contribution in [1.82, 2.24) is 9.97 Å². The van der Waals surface area contributed by atoms with Crippen molar-refractivity contribution in [2.45, 2.75) is 79.3 Å². The molecule has 9 rings (SSSR count). The number of furan rings is 1. The third-order valence-corrected chi connectivity index (χ3v) is 12.8. The predicted octanol–water partition coefficient (Wildman–Crippen LogP) is 13.5. The predicted molar refractivity (Wildman–Crippen MR) is 231 cm³/mol. The smallest absolute Gasteiger partial charge is 0.121 e. The number of hydrogen-bond donors (Lipinski definition) is 0. The van der Waals surface area contributed by atoms with Crippen LogP contribution in [0.25, 0.3) is 66.0 Å². The molecule has 1 saturated carbocycles. The largest absolute Gasteiger partial charge is 0.501 e. The fourth-order valence-corrected chi connectivity index (χ4v) is 9.73. The first-order valence-corrected chi connectivity index (χ1v) is 22.4. The normalized spacial score (nSPS) is 17.4. The van der Waals surface area contributed by atoms with E-state index in [9.17, 15) is 1.37 Å². The number of benzene rings is 5. The van der Waals surface area contributed by atoms with Crippen LogP contribution in [0.2, 0.25) is 19.6 Å². The van der Waals surface area contributed by atoms with Crippen molar-refractivity contribution in [3.63, 3.8) is 0 Å². The monoisotopic (exact) mass is 919 g/mol. The van der Waals surface area contributed by atoms with Gasteiger partial charge in [0, 0.05) is 43.4 Å². The van der Waals surface area contributed by atoms with E-state index in [1.54, 1.807) is 0 Å². The van der Waals surface area contributed by atoms with Gasteiger partial charge in [-0.05, 0) is 104 Å². The molecule has 0 amide bonds. The van der Waals surface area contributed by atoms with Crippen LogP contribution in [0.5, 0.6) is 0 Å². The van der Waals surface area contributed by atoms with E-state index in [0.29, 0.717) is 35.2 Å². The van der Waals surface area contributed by atoms with Gasteiger partial charge in [-0.1, -0.05) is 113 Å². The zero-order valence-electron chi connectivity index (χ0n) is 36.7. The molecule has 0 spiro atoms. The second-order valence-corrected chi connectivity index (χ2v) is 22.7. The molecule has 3 nitrogen and oxygen atoms in total. The number of nitrogens with zero attached hydrogens (tertiary/aromatic N) is 2. The summed E-state index contributed by atoms with van der Waals surface area (Å²) in [5.74, 6) is -1.06. The first kappa shape index (κ1) is 33.9. The Morgan fingerprint density at radius 1 is 0.727 bits per heavy atom. The van der Waals surface area contributed by atoms with E-state index in [-0.39, 0.29) is 36.5 Å². The van der Waals surface area contributed by atoms with E-state index >= 15 is 0 Å². The van der Waals surface area contributed by atoms with Crippen LogP contribution in [0.1, 0.15) is 69.5 Å². The van der Waals surface area contributed by atoms with E-state index in [1.165, 1.54) is 22.2 Å². The summed E-state index contributed by atoms with van der Waals surface area (Å²) in [4.78, 5) is 9.18. The maximum atomic E-state index is 9.74. The van der Waals surface area contributed by atoms with Crippen molar-refractivity contribution in [2.75, 3.05) is 0 Å². The van der Waals surface area contributed by atoms with E-state index in [0.717, 1.165) is 44.8 Å². The molecule has 0 aliphatic heterocycles. The summed E-state index contributed by atoms with van der Waals surface area (Å²) in [5, 5.41) is 7.99. The molecule has 1 aliphatic carbocycles. The van der Waals surface area contributed by atoms with Crippen molar-refractivity contribution in [3.8, 4) is 22.5 Å². The van der Waals surface area contributed by atoms with Crippen molar-refractivity contribution in [2.24, 2.45) is 10.8 Å². The Balaban J connectivity index is 0.000000262. The van der Waals surface area contributed by atoms with Gasteiger partial charge < -0.3 is 14.4 Å². The molecule has 3 heterocycles. The van der Waals surface area contributed by atoms with Crippen molar-refractivity contribution in [3.05, 3.63) is 139 Å². The van der Waals surface area contributed by atoms with Crippen LogP contribution in [-0.4, -0.2) is 18.0 Å². The first-order chi connectivity index (χ1) is 27.3. The minimum absolute atomic E-state index is 0. The molecule has 0 bridgehead atoms. The number of aryl methyl sites for hydroxylation is 1. The molecule has 55 heavy (non-hydrogen) atoms. The minimum atomic E-state index is -2.38. The summed E-state index contributed by atoms with van der Waals surface area (Å²) in [6.45, 7) is 13.4. The van der Waals surface area contributed by atoms with Crippen LogP contribution >= 0.6 is 0 Å². The van der Waals surface area contributed by atoms with Crippen LogP contribution < -0.4 is 5.19 Å². The maximum Gasteiger partial charge on any atom is 0.121 e. The number of aromatic nitrogens is 2. The van der Waals surface area contributed by atoms with Crippen LogP contribution in [0.4, 0.5) is 0 Å². The van der Waals surface area contributed by atoms with Gasteiger partial charge >= 0.3 is 0 Å². The van der Waals surface area contributed by atoms with Crippen molar-refractivity contribution in [1.29, 1.82) is 0 Å². The van der Waals surface area contributed by atoms with Crippen LogP contribution in [0, 0.1) is 29.8 Å². The number of rotatable bonds is 4. The van der Waals surface area contributed by atoms with Gasteiger partial charge in [-0.15, -0.1) is 54.1 Å². The first-order valence-electron chi connectivity index (χ1n) is 20.9. The third kappa shape index (κ3) is 7.98. The Labute approximate surface area is 346 Å². The minimum Gasteiger partial charge on any atom is -0.501 e. The third-order valence-electron chi connectivity index (χ3n) is 10.8. The van der Waals surface area contributed by atoms with Crippen molar-refractivity contribution < 1.29 is 30.0 Å². The van der Waals surface area contributed by atoms with E-state index in [4.69, 9.17) is 8.53 Å². The van der Waals surface area contributed by atoms with Crippen molar-refractivity contribution >= 4 is 56.7 Å². The summed E-state index contributed by atoms with van der Waals surface area (Å²) in [7, 11) is -1.23. The van der Waals surface area contributed by atoms with E-state index < -0.39 is 20.8 Å². The van der Waals surface area contributed by atoms with Crippen LogP contribution in [0.15, 0.2) is 120 Å². The Kier molecular flexibility index (Phi) is 9.19. The molecule has 1 aliphatic rings. The van der Waals surface area contributed by atoms with Gasteiger partial charge in [0.2, 0.25) is 0 Å². The Morgan fingerprint density at radius 3 is 2.18 bits per heavy atom. The number of hydrogen-bond acceptors (Lipinski definition) is 3. The molecule has 0 atom stereocenters. The van der Waals surface area contributed by atoms with Crippen LogP contribution in [-0.2, 0) is 20.1 Å². The van der Waals surface area contributed by atoms with E-state index in [2.05, 4.69) is 124 Å². The Hall–Kier alpha value is -4.41. The molecule has 5 aromatic carbocycles. The molecule has 0 unspecified atom stereocenters. The van der Waals surface area contributed by atoms with Gasteiger partial charge in [0.15, 0.2) is 0 Å². The number of pyridine rings is 2. The fourth-order valence-electron chi connectivity index (χ4n) is 8.70. The Morgan fingerprint density at radius 2 is 1.47 bits per heavy atom. The molecule has 5 heteroatoms. The van der Waals surface area contributed by atoms with Gasteiger partial charge in [-0.25, -0.2) is 0 Å². The SMILES string of the molecule is C[Si](C)(C)c1ccc(-c2[c-]cccc2)nc1.[2H]C([2H])([2H])c1cnc(-c2[c-]ccc3c2oc2cc4c(ccc5ccccc54)cc23)cc1C1([2H])CC(C)(C)CC(C)(C)C1.[Ir]. The average Bonchev–Trinajstić information content (AvgIpc) is 3.53. The molecule has 1 fully saturated rings. The second-order valence-electron chi connectivity index (χ2n) is 17.6.